The molecule has 0 atom stereocenters. The number of anilines is 1. The first-order valence-corrected chi connectivity index (χ1v) is 9.44. The standard InChI is InChI=1S/C19H23NO4S/c1-4-20(5-2)18-12-8-16(9-13-18)6-7-17-10-14-19(15-11-17)24-25(21,22)23-3/h6-15H,4-5H2,1-3H3. The van der Waals surface area contributed by atoms with E-state index in [2.05, 4.69) is 47.2 Å². The van der Waals surface area contributed by atoms with Crippen LogP contribution in [0.25, 0.3) is 12.2 Å². The summed E-state index contributed by atoms with van der Waals surface area (Å²) in [6.07, 6.45) is 3.97. The second-order valence-corrected chi connectivity index (χ2v) is 6.64. The van der Waals surface area contributed by atoms with Crippen LogP contribution in [0.2, 0.25) is 0 Å². The van der Waals surface area contributed by atoms with Crippen molar-refractivity contribution in [3.63, 3.8) is 0 Å². The van der Waals surface area contributed by atoms with Gasteiger partial charge in [-0.25, -0.2) is 4.18 Å². The van der Waals surface area contributed by atoms with Gasteiger partial charge in [0, 0.05) is 18.8 Å². The molecule has 0 spiro atoms. The van der Waals surface area contributed by atoms with Gasteiger partial charge in [-0.05, 0) is 49.2 Å². The highest BCUT2D eigenvalue weighted by Crippen LogP contribution is 2.18. The van der Waals surface area contributed by atoms with Crippen LogP contribution in [0.15, 0.2) is 48.5 Å². The van der Waals surface area contributed by atoms with Crippen LogP contribution in [0.3, 0.4) is 0 Å². The molecule has 6 heteroatoms. The van der Waals surface area contributed by atoms with Crippen LogP contribution < -0.4 is 9.08 Å². The van der Waals surface area contributed by atoms with E-state index >= 15 is 0 Å². The van der Waals surface area contributed by atoms with Crippen LogP contribution in [0.5, 0.6) is 5.75 Å². The molecular weight excluding hydrogens is 338 g/mol. The third kappa shape index (κ3) is 5.62. The third-order valence-electron chi connectivity index (χ3n) is 3.77. The molecule has 0 amide bonds. The van der Waals surface area contributed by atoms with E-state index in [1.807, 2.05) is 12.2 Å². The molecule has 2 aromatic rings. The van der Waals surface area contributed by atoms with Gasteiger partial charge in [-0.3, -0.25) is 0 Å². The van der Waals surface area contributed by atoms with Crippen LogP contribution in [0.1, 0.15) is 25.0 Å². The van der Waals surface area contributed by atoms with E-state index in [9.17, 15) is 8.42 Å². The van der Waals surface area contributed by atoms with Crippen molar-refractivity contribution in [3.05, 3.63) is 59.7 Å². The molecule has 0 bridgehead atoms. The molecule has 0 aromatic heterocycles. The van der Waals surface area contributed by atoms with Crippen LogP contribution in [-0.2, 0) is 14.6 Å². The van der Waals surface area contributed by atoms with E-state index in [0.717, 1.165) is 31.3 Å². The van der Waals surface area contributed by atoms with Gasteiger partial charge in [-0.15, -0.1) is 0 Å². The normalized spacial score (nSPS) is 11.6. The van der Waals surface area contributed by atoms with Crippen LogP contribution in [0.4, 0.5) is 5.69 Å². The summed E-state index contributed by atoms with van der Waals surface area (Å²) in [6, 6.07) is 15.1. The lowest BCUT2D eigenvalue weighted by atomic mass is 10.1. The van der Waals surface area contributed by atoms with Gasteiger partial charge >= 0.3 is 10.4 Å². The third-order valence-corrected chi connectivity index (χ3v) is 4.58. The van der Waals surface area contributed by atoms with Crippen LogP contribution in [0, 0.1) is 0 Å². The molecule has 25 heavy (non-hydrogen) atoms. The Morgan fingerprint density at radius 1 is 0.880 bits per heavy atom. The van der Waals surface area contributed by atoms with Crippen molar-refractivity contribution in [2.24, 2.45) is 0 Å². The van der Waals surface area contributed by atoms with Crippen molar-refractivity contribution in [1.82, 2.24) is 0 Å². The predicted octanol–water partition coefficient (Wildman–Crippen LogP) is 3.97. The average Bonchev–Trinajstić information content (AvgIpc) is 2.63. The summed E-state index contributed by atoms with van der Waals surface area (Å²) in [6.45, 7) is 6.25. The Hall–Kier alpha value is -2.31. The smallest absolute Gasteiger partial charge is 0.372 e. The molecule has 0 fully saturated rings. The molecule has 0 aliphatic carbocycles. The first-order chi connectivity index (χ1) is 12.0. The minimum absolute atomic E-state index is 0.211. The van der Waals surface area contributed by atoms with E-state index < -0.39 is 10.4 Å². The van der Waals surface area contributed by atoms with Crippen molar-refractivity contribution in [3.8, 4) is 5.75 Å². The summed E-state index contributed by atoms with van der Waals surface area (Å²) in [5.74, 6) is 0.211. The molecule has 134 valence electrons. The van der Waals surface area contributed by atoms with E-state index in [1.54, 1.807) is 24.3 Å². The largest absolute Gasteiger partial charge is 0.448 e. The zero-order chi connectivity index (χ0) is 18.3. The fourth-order valence-corrected chi connectivity index (χ4v) is 2.78. The van der Waals surface area contributed by atoms with Gasteiger partial charge in [-0.1, -0.05) is 36.4 Å². The van der Waals surface area contributed by atoms with E-state index in [4.69, 9.17) is 4.18 Å². The van der Waals surface area contributed by atoms with E-state index in [-0.39, 0.29) is 5.75 Å². The zero-order valence-corrected chi connectivity index (χ0v) is 15.5. The lowest BCUT2D eigenvalue weighted by Gasteiger charge is -2.20. The molecule has 2 aromatic carbocycles. The van der Waals surface area contributed by atoms with E-state index in [1.165, 1.54) is 5.69 Å². The number of benzene rings is 2. The molecular formula is C19H23NO4S. The molecule has 0 aliphatic heterocycles. The zero-order valence-electron chi connectivity index (χ0n) is 14.7. The Balaban J connectivity index is 2.04. The number of rotatable bonds is 8. The fourth-order valence-electron chi connectivity index (χ4n) is 2.36. The van der Waals surface area contributed by atoms with Crippen molar-refractivity contribution < 1.29 is 16.8 Å². The highest BCUT2D eigenvalue weighted by molar-refractivity contribution is 7.82. The summed E-state index contributed by atoms with van der Waals surface area (Å²) in [4.78, 5) is 2.29. The summed E-state index contributed by atoms with van der Waals surface area (Å²) in [5, 5.41) is 0. The lowest BCUT2D eigenvalue weighted by molar-refractivity contribution is 0.330. The first kappa shape index (κ1) is 19.0. The van der Waals surface area contributed by atoms with Crippen molar-refractivity contribution in [1.29, 1.82) is 0 Å². The highest BCUT2D eigenvalue weighted by Gasteiger charge is 2.10. The van der Waals surface area contributed by atoms with Crippen molar-refractivity contribution in [2.75, 3.05) is 25.1 Å². The Morgan fingerprint density at radius 2 is 1.36 bits per heavy atom. The van der Waals surface area contributed by atoms with E-state index in [0.29, 0.717) is 0 Å². The monoisotopic (exact) mass is 361 g/mol. The second-order valence-electron chi connectivity index (χ2n) is 5.32. The Morgan fingerprint density at radius 3 is 1.80 bits per heavy atom. The van der Waals surface area contributed by atoms with Gasteiger partial charge < -0.3 is 9.08 Å². The molecule has 5 nitrogen and oxygen atoms in total. The number of hydrogen-bond acceptors (Lipinski definition) is 5. The molecule has 0 unspecified atom stereocenters. The minimum Gasteiger partial charge on any atom is -0.372 e. The predicted molar refractivity (Wildman–Crippen MR) is 102 cm³/mol. The molecule has 0 radical (unpaired) electrons. The summed E-state index contributed by atoms with van der Waals surface area (Å²) < 4.78 is 31.4. The SMILES string of the molecule is CCN(CC)c1ccc(C=Cc2ccc(OS(=O)(=O)OC)cc2)cc1. The van der Waals surface area contributed by atoms with Gasteiger partial charge in [0.1, 0.15) is 5.75 Å². The Bertz CT molecular complexity index is 792. The summed E-state index contributed by atoms with van der Waals surface area (Å²) in [7, 11) is -2.92. The second kappa shape index (κ2) is 8.69. The van der Waals surface area contributed by atoms with Gasteiger partial charge in [-0.2, -0.15) is 8.42 Å². The quantitative estimate of drug-likeness (QED) is 0.666. The molecule has 0 aliphatic rings. The van der Waals surface area contributed by atoms with Gasteiger partial charge in [0.2, 0.25) is 0 Å². The number of nitrogens with zero attached hydrogens (tertiary/aromatic N) is 1. The van der Waals surface area contributed by atoms with Gasteiger partial charge in [0.25, 0.3) is 0 Å². The van der Waals surface area contributed by atoms with Crippen molar-refractivity contribution in [2.45, 2.75) is 13.8 Å². The van der Waals surface area contributed by atoms with Gasteiger partial charge in [0.05, 0.1) is 7.11 Å². The Kier molecular flexibility index (Phi) is 6.61. The maximum Gasteiger partial charge on any atom is 0.448 e. The lowest BCUT2D eigenvalue weighted by Crippen LogP contribution is -2.21. The molecule has 2 rings (SSSR count). The van der Waals surface area contributed by atoms with Crippen LogP contribution >= 0.6 is 0 Å². The molecule has 0 N–H and O–H groups in total. The molecule has 0 saturated heterocycles. The topological polar surface area (TPSA) is 55.8 Å². The average molecular weight is 361 g/mol. The van der Waals surface area contributed by atoms with Gasteiger partial charge in [0.15, 0.2) is 0 Å². The summed E-state index contributed by atoms with van der Waals surface area (Å²) in [5.41, 5.74) is 3.25. The highest BCUT2D eigenvalue weighted by atomic mass is 32.3. The fraction of sp³-hybridized carbons (Fsp3) is 0.263. The molecule has 0 heterocycles. The maximum atomic E-state index is 11.2. The van der Waals surface area contributed by atoms with Crippen LogP contribution in [-0.4, -0.2) is 28.6 Å². The minimum atomic E-state index is -3.98. The molecule has 0 saturated carbocycles. The summed E-state index contributed by atoms with van der Waals surface area (Å²) >= 11 is 0. The first-order valence-electron chi connectivity index (χ1n) is 8.10. The maximum absolute atomic E-state index is 11.2. The van der Waals surface area contributed by atoms with Crippen molar-refractivity contribution >= 4 is 28.2 Å². The number of hydrogen-bond donors (Lipinski definition) is 0. The Labute approximate surface area is 149 Å².